The molecule has 2 heterocycles. The summed E-state index contributed by atoms with van der Waals surface area (Å²) in [6.45, 7) is 0. The number of aromatic nitrogens is 3. The van der Waals surface area contributed by atoms with Crippen molar-refractivity contribution in [2.24, 2.45) is 0 Å². The lowest BCUT2D eigenvalue weighted by molar-refractivity contribution is -0.0891. The van der Waals surface area contributed by atoms with E-state index in [1.807, 2.05) is 0 Å². The summed E-state index contributed by atoms with van der Waals surface area (Å²) in [6, 6.07) is 3.46. The molecule has 0 spiro atoms. The Labute approximate surface area is 112 Å². The number of alkyl halides is 3. The van der Waals surface area contributed by atoms with Crippen LogP contribution in [-0.2, 0) is 6.42 Å². The van der Waals surface area contributed by atoms with Gasteiger partial charge < -0.3 is 4.98 Å². The van der Waals surface area contributed by atoms with Crippen LogP contribution in [0.4, 0.5) is 13.2 Å². The van der Waals surface area contributed by atoms with Gasteiger partial charge in [-0.15, -0.1) is 12.4 Å². The first-order valence-corrected chi connectivity index (χ1v) is 5.01. The Balaban J connectivity index is 0.00000180. The number of hydrogen-bond donors (Lipinski definition) is 1. The van der Waals surface area contributed by atoms with Crippen molar-refractivity contribution in [1.29, 1.82) is 0 Å². The second-order valence-corrected chi connectivity index (χ2v) is 3.62. The van der Waals surface area contributed by atoms with E-state index in [-0.39, 0.29) is 12.4 Å². The summed E-state index contributed by atoms with van der Waals surface area (Å²) >= 11 is 0. The third-order valence-electron chi connectivity index (χ3n) is 2.24. The molecule has 8 heteroatoms. The summed E-state index contributed by atoms with van der Waals surface area (Å²) in [7, 11) is 0. The Hall–Kier alpha value is -1.89. The molecular weight excluding hydrogens is 283 g/mol. The average molecular weight is 292 g/mol. The Morgan fingerprint density at radius 3 is 2.47 bits per heavy atom. The van der Waals surface area contributed by atoms with Crippen molar-refractivity contribution in [2.45, 2.75) is 12.6 Å². The summed E-state index contributed by atoms with van der Waals surface area (Å²) in [5.74, 6) is -2.66. The van der Waals surface area contributed by atoms with Crippen molar-refractivity contribution in [3.05, 3.63) is 47.8 Å². The molecule has 19 heavy (non-hydrogen) atoms. The van der Waals surface area contributed by atoms with E-state index >= 15 is 0 Å². The number of imidazole rings is 1. The Kier molecular flexibility index (Phi) is 4.66. The second kappa shape index (κ2) is 5.83. The minimum absolute atomic E-state index is 0. The maximum absolute atomic E-state index is 12.2. The molecule has 0 bridgehead atoms. The highest BCUT2D eigenvalue weighted by Crippen LogP contribution is 2.20. The normalized spacial score (nSPS) is 10.9. The summed E-state index contributed by atoms with van der Waals surface area (Å²) in [5.41, 5.74) is 1.30. The van der Waals surface area contributed by atoms with E-state index in [9.17, 15) is 18.0 Å². The number of halogens is 4. The smallest absolute Gasteiger partial charge is 0.339 e. The van der Waals surface area contributed by atoms with Crippen LogP contribution in [0.5, 0.6) is 0 Å². The fourth-order valence-electron chi connectivity index (χ4n) is 1.42. The van der Waals surface area contributed by atoms with E-state index in [4.69, 9.17) is 0 Å². The molecule has 0 aliphatic heterocycles. The molecule has 2 aromatic heterocycles. The summed E-state index contributed by atoms with van der Waals surface area (Å²) in [6.07, 6.45) is -0.174. The number of ketones is 1. The van der Waals surface area contributed by atoms with Crippen LogP contribution in [0.15, 0.2) is 30.7 Å². The lowest BCUT2D eigenvalue weighted by Crippen LogP contribution is -2.23. The van der Waals surface area contributed by atoms with Crippen LogP contribution in [0.25, 0.3) is 0 Å². The van der Waals surface area contributed by atoms with Crippen LogP contribution < -0.4 is 0 Å². The SMILES string of the molecule is Cl.O=C(c1ncc(Cc2ccncc2)[nH]1)C(F)(F)F. The van der Waals surface area contributed by atoms with Crippen molar-refractivity contribution >= 4 is 18.2 Å². The number of nitrogens with zero attached hydrogens (tertiary/aromatic N) is 2. The molecule has 0 fully saturated rings. The Bertz CT molecular complexity index is 554. The first-order valence-electron chi connectivity index (χ1n) is 5.01. The molecule has 0 unspecified atom stereocenters. The van der Waals surface area contributed by atoms with E-state index in [1.165, 1.54) is 6.20 Å². The van der Waals surface area contributed by atoms with Gasteiger partial charge in [0.2, 0.25) is 0 Å². The number of Topliss-reactive ketones (excluding diaryl/α,β-unsaturated/α-hetero) is 1. The number of carbonyl (C=O) groups excluding carboxylic acids is 1. The van der Waals surface area contributed by atoms with Crippen LogP contribution in [0.1, 0.15) is 21.9 Å². The Morgan fingerprint density at radius 2 is 1.89 bits per heavy atom. The predicted molar refractivity (Wildman–Crippen MR) is 63.3 cm³/mol. The summed E-state index contributed by atoms with van der Waals surface area (Å²) in [4.78, 5) is 20.5. The first kappa shape index (κ1) is 15.2. The van der Waals surface area contributed by atoms with Gasteiger partial charge in [-0.1, -0.05) is 0 Å². The first-order chi connectivity index (χ1) is 8.47. The molecule has 2 aromatic rings. The topological polar surface area (TPSA) is 58.6 Å². The molecule has 0 aliphatic carbocycles. The highest BCUT2D eigenvalue weighted by Gasteiger charge is 2.41. The number of H-pyrrole nitrogens is 1. The zero-order valence-electron chi connectivity index (χ0n) is 9.44. The molecule has 2 rings (SSSR count). The number of hydrogen-bond acceptors (Lipinski definition) is 3. The largest absolute Gasteiger partial charge is 0.458 e. The molecule has 0 aromatic carbocycles. The van der Waals surface area contributed by atoms with Crippen LogP contribution in [0, 0.1) is 0 Å². The quantitative estimate of drug-likeness (QED) is 0.884. The number of aromatic amines is 1. The molecule has 0 aliphatic rings. The fourth-order valence-corrected chi connectivity index (χ4v) is 1.42. The maximum Gasteiger partial charge on any atom is 0.458 e. The van der Waals surface area contributed by atoms with Crippen LogP contribution in [0.2, 0.25) is 0 Å². The van der Waals surface area contributed by atoms with Gasteiger partial charge in [0.15, 0.2) is 5.82 Å². The van der Waals surface area contributed by atoms with Gasteiger partial charge in [-0.3, -0.25) is 9.78 Å². The van der Waals surface area contributed by atoms with Gasteiger partial charge in [0.05, 0.1) is 0 Å². The van der Waals surface area contributed by atoms with Crippen molar-refractivity contribution in [3.8, 4) is 0 Å². The van der Waals surface area contributed by atoms with E-state index in [0.717, 1.165) is 5.56 Å². The van der Waals surface area contributed by atoms with Crippen molar-refractivity contribution in [3.63, 3.8) is 0 Å². The van der Waals surface area contributed by atoms with Gasteiger partial charge >= 0.3 is 12.0 Å². The van der Waals surface area contributed by atoms with Crippen LogP contribution in [0.3, 0.4) is 0 Å². The van der Waals surface area contributed by atoms with Gasteiger partial charge in [-0.25, -0.2) is 4.98 Å². The van der Waals surface area contributed by atoms with E-state index < -0.39 is 17.8 Å². The molecule has 102 valence electrons. The maximum atomic E-state index is 12.2. The monoisotopic (exact) mass is 291 g/mol. The standard InChI is InChI=1S/C11H8F3N3O.ClH/c12-11(13,14)9(18)10-16-6-8(17-10)5-7-1-3-15-4-2-7;/h1-4,6H,5H2,(H,16,17);1H. The minimum atomic E-state index is -4.91. The van der Waals surface area contributed by atoms with Gasteiger partial charge in [-0.2, -0.15) is 13.2 Å². The Morgan fingerprint density at radius 1 is 1.26 bits per heavy atom. The van der Waals surface area contributed by atoms with Crippen LogP contribution >= 0.6 is 12.4 Å². The highest BCUT2D eigenvalue weighted by molar-refractivity contribution is 5.97. The predicted octanol–water partition coefficient (Wildman–Crippen LogP) is 2.56. The van der Waals surface area contributed by atoms with Crippen molar-refractivity contribution < 1.29 is 18.0 Å². The number of carbonyl (C=O) groups is 1. The third kappa shape index (κ3) is 3.78. The summed E-state index contributed by atoms with van der Waals surface area (Å²) in [5, 5.41) is 0. The van der Waals surface area contributed by atoms with E-state index in [0.29, 0.717) is 12.1 Å². The molecule has 0 saturated carbocycles. The molecule has 0 radical (unpaired) electrons. The summed E-state index contributed by atoms with van der Waals surface area (Å²) < 4.78 is 36.5. The van der Waals surface area contributed by atoms with E-state index in [2.05, 4.69) is 15.0 Å². The molecule has 0 atom stereocenters. The number of nitrogens with one attached hydrogen (secondary N) is 1. The van der Waals surface area contributed by atoms with Crippen LogP contribution in [-0.4, -0.2) is 26.9 Å². The fraction of sp³-hybridized carbons (Fsp3) is 0.182. The highest BCUT2D eigenvalue weighted by atomic mass is 35.5. The zero-order valence-corrected chi connectivity index (χ0v) is 10.3. The van der Waals surface area contributed by atoms with Gasteiger partial charge in [0.1, 0.15) is 0 Å². The number of rotatable bonds is 3. The number of pyridine rings is 1. The van der Waals surface area contributed by atoms with Gasteiger partial charge in [0.25, 0.3) is 0 Å². The molecular formula is C11H9ClF3N3O. The van der Waals surface area contributed by atoms with Crippen molar-refractivity contribution in [2.75, 3.05) is 0 Å². The molecule has 0 amide bonds. The molecule has 1 N–H and O–H groups in total. The molecule has 0 saturated heterocycles. The lowest BCUT2D eigenvalue weighted by atomic mass is 10.2. The van der Waals surface area contributed by atoms with E-state index in [1.54, 1.807) is 24.5 Å². The van der Waals surface area contributed by atoms with Crippen molar-refractivity contribution in [1.82, 2.24) is 15.0 Å². The second-order valence-electron chi connectivity index (χ2n) is 3.62. The lowest BCUT2D eigenvalue weighted by Gasteiger charge is -2.01. The molecule has 4 nitrogen and oxygen atoms in total. The van der Waals surface area contributed by atoms with Gasteiger partial charge in [-0.05, 0) is 17.7 Å². The zero-order chi connectivity index (χ0) is 13.2. The van der Waals surface area contributed by atoms with Gasteiger partial charge in [0, 0.05) is 30.7 Å². The third-order valence-corrected chi connectivity index (χ3v) is 2.24. The minimum Gasteiger partial charge on any atom is -0.339 e. The average Bonchev–Trinajstić information content (AvgIpc) is 2.76.